The van der Waals surface area contributed by atoms with Crippen LogP contribution in [-0.4, -0.2) is 10.8 Å². The highest BCUT2D eigenvalue weighted by Crippen LogP contribution is 2.26. The molecule has 2 aromatic carbocycles. The number of nitrogens with one attached hydrogen (secondary N) is 1. The summed E-state index contributed by atoms with van der Waals surface area (Å²) in [5.41, 5.74) is 3.09. The SMILES string of the molecule is Cc1ccc2c(C(=O)c3ccc(F)cc3Br)c[nH]c2c1. The minimum absolute atomic E-state index is 0.132. The topological polar surface area (TPSA) is 32.9 Å². The molecule has 0 saturated carbocycles. The lowest BCUT2D eigenvalue weighted by molar-refractivity contribution is 0.103. The third-order valence-electron chi connectivity index (χ3n) is 3.26. The van der Waals surface area contributed by atoms with Gasteiger partial charge in [-0.2, -0.15) is 0 Å². The maximum Gasteiger partial charge on any atom is 0.196 e. The Morgan fingerprint density at radius 1 is 1.15 bits per heavy atom. The zero-order valence-electron chi connectivity index (χ0n) is 10.7. The van der Waals surface area contributed by atoms with Crippen LogP contribution in [0.1, 0.15) is 21.5 Å². The fourth-order valence-electron chi connectivity index (χ4n) is 2.25. The van der Waals surface area contributed by atoms with Crippen LogP contribution in [0.25, 0.3) is 10.9 Å². The van der Waals surface area contributed by atoms with E-state index in [1.807, 2.05) is 25.1 Å². The number of aryl methyl sites for hydroxylation is 1. The lowest BCUT2D eigenvalue weighted by Gasteiger charge is -2.03. The second-order valence-electron chi connectivity index (χ2n) is 4.70. The monoisotopic (exact) mass is 331 g/mol. The Balaban J connectivity index is 2.13. The molecule has 2 nitrogen and oxygen atoms in total. The quantitative estimate of drug-likeness (QED) is 0.683. The molecule has 0 bridgehead atoms. The number of benzene rings is 2. The van der Waals surface area contributed by atoms with Gasteiger partial charge in [0.25, 0.3) is 0 Å². The van der Waals surface area contributed by atoms with Crippen molar-refractivity contribution in [2.24, 2.45) is 0 Å². The third-order valence-corrected chi connectivity index (χ3v) is 3.91. The van der Waals surface area contributed by atoms with Gasteiger partial charge in [0.15, 0.2) is 5.78 Å². The van der Waals surface area contributed by atoms with E-state index in [9.17, 15) is 9.18 Å². The first-order valence-electron chi connectivity index (χ1n) is 6.14. The minimum Gasteiger partial charge on any atom is -0.360 e. The van der Waals surface area contributed by atoms with E-state index in [2.05, 4.69) is 20.9 Å². The lowest BCUT2D eigenvalue weighted by Crippen LogP contribution is -2.01. The van der Waals surface area contributed by atoms with Crippen molar-refractivity contribution >= 4 is 32.6 Å². The molecule has 0 aliphatic carbocycles. The molecule has 0 saturated heterocycles. The van der Waals surface area contributed by atoms with E-state index in [0.717, 1.165) is 16.5 Å². The van der Waals surface area contributed by atoms with Gasteiger partial charge in [0, 0.05) is 32.7 Å². The highest BCUT2D eigenvalue weighted by molar-refractivity contribution is 9.10. The maximum absolute atomic E-state index is 13.1. The van der Waals surface area contributed by atoms with E-state index in [1.165, 1.54) is 18.2 Å². The van der Waals surface area contributed by atoms with Gasteiger partial charge < -0.3 is 4.98 Å². The van der Waals surface area contributed by atoms with Gasteiger partial charge in [-0.15, -0.1) is 0 Å². The molecule has 20 heavy (non-hydrogen) atoms. The average Bonchev–Trinajstić information content (AvgIpc) is 2.80. The molecule has 3 aromatic rings. The molecule has 0 fully saturated rings. The number of fused-ring (bicyclic) bond motifs is 1. The minimum atomic E-state index is -0.372. The molecule has 1 N–H and O–H groups in total. The molecule has 1 heterocycles. The van der Waals surface area contributed by atoms with Crippen molar-refractivity contribution in [2.45, 2.75) is 6.92 Å². The standard InChI is InChI=1S/C16H11BrFNO/c1-9-2-4-11-13(8-19-15(11)6-9)16(20)12-5-3-10(18)7-14(12)17/h2-8,19H,1H3. The lowest BCUT2D eigenvalue weighted by atomic mass is 10.0. The summed E-state index contributed by atoms with van der Waals surface area (Å²) in [5, 5.41) is 0.872. The molecule has 3 rings (SSSR count). The fourth-order valence-corrected chi connectivity index (χ4v) is 2.78. The van der Waals surface area contributed by atoms with Crippen LogP contribution in [0.15, 0.2) is 47.1 Å². The Morgan fingerprint density at radius 3 is 2.70 bits per heavy atom. The van der Waals surface area contributed by atoms with Gasteiger partial charge >= 0.3 is 0 Å². The predicted molar refractivity (Wildman–Crippen MR) is 80.6 cm³/mol. The molecule has 100 valence electrons. The van der Waals surface area contributed by atoms with Gasteiger partial charge in [-0.3, -0.25) is 4.79 Å². The Kier molecular flexibility index (Phi) is 3.18. The van der Waals surface area contributed by atoms with Crippen LogP contribution in [0, 0.1) is 12.7 Å². The van der Waals surface area contributed by atoms with Crippen molar-refractivity contribution in [3.63, 3.8) is 0 Å². The number of H-pyrrole nitrogens is 1. The number of rotatable bonds is 2. The Morgan fingerprint density at radius 2 is 1.95 bits per heavy atom. The van der Waals surface area contributed by atoms with Gasteiger partial charge in [0.2, 0.25) is 0 Å². The average molecular weight is 332 g/mol. The van der Waals surface area contributed by atoms with Crippen molar-refractivity contribution in [3.05, 3.63) is 69.6 Å². The van der Waals surface area contributed by atoms with Crippen LogP contribution < -0.4 is 0 Å². The van der Waals surface area contributed by atoms with Crippen molar-refractivity contribution in [2.75, 3.05) is 0 Å². The van der Waals surface area contributed by atoms with Crippen LogP contribution in [0.4, 0.5) is 4.39 Å². The summed E-state index contributed by atoms with van der Waals surface area (Å²) in [4.78, 5) is 15.7. The number of carbonyl (C=O) groups excluding carboxylic acids is 1. The molecule has 1 aromatic heterocycles. The van der Waals surface area contributed by atoms with Crippen LogP contribution in [0.2, 0.25) is 0 Å². The highest BCUT2D eigenvalue weighted by Gasteiger charge is 2.17. The van der Waals surface area contributed by atoms with Crippen molar-refractivity contribution in [1.82, 2.24) is 4.98 Å². The molecule has 0 unspecified atom stereocenters. The van der Waals surface area contributed by atoms with Crippen molar-refractivity contribution in [1.29, 1.82) is 0 Å². The van der Waals surface area contributed by atoms with Gasteiger partial charge in [0.05, 0.1) is 0 Å². The van der Waals surface area contributed by atoms with E-state index in [1.54, 1.807) is 6.20 Å². The Labute approximate surface area is 123 Å². The molecular formula is C16H11BrFNO. The number of hydrogen-bond donors (Lipinski definition) is 1. The molecule has 0 aliphatic rings. The number of hydrogen-bond acceptors (Lipinski definition) is 1. The van der Waals surface area contributed by atoms with Gasteiger partial charge in [0.1, 0.15) is 5.82 Å². The van der Waals surface area contributed by atoms with Gasteiger partial charge in [-0.05, 0) is 52.7 Å². The van der Waals surface area contributed by atoms with E-state index in [-0.39, 0.29) is 11.6 Å². The number of carbonyl (C=O) groups is 1. The molecule has 0 aliphatic heterocycles. The van der Waals surface area contributed by atoms with Crippen LogP contribution in [0.5, 0.6) is 0 Å². The first-order valence-corrected chi connectivity index (χ1v) is 6.93. The van der Waals surface area contributed by atoms with Crippen molar-refractivity contribution < 1.29 is 9.18 Å². The van der Waals surface area contributed by atoms with E-state index >= 15 is 0 Å². The third kappa shape index (κ3) is 2.16. The first-order chi connectivity index (χ1) is 9.56. The second kappa shape index (κ2) is 4.87. The van der Waals surface area contributed by atoms with Crippen LogP contribution >= 0.6 is 15.9 Å². The molecule has 0 spiro atoms. The summed E-state index contributed by atoms with van der Waals surface area (Å²) in [6, 6.07) is 9.96. The summed E-state index contributed by atoms with van der Waals surface area (Å²) in [5.74, 6) is -0.505. The van der Waals surface area contributed by atoms with E-state index in [4.69, 9.17) is 0 Å². The van der Waals surface area contributed by atoms with Crippen LogP contribution in [-0.2, 0) is 0 Å². The predicted octanol–water partition coefficient (Wildman–Crippen LogP) is 4.61. The summed E-state index contributed by atoms with van der Waals surface area (Å²) < 4.78 is 13.6. The normalized spacial score (nSPS) is 10.9. The van der Waals surface area contributed by atoms with E-state index < -0.39 is 0 Å². The molecule has 0 atom stereocenters. The summed E-state index contributed by atoms with van der Waals surface area (Å²) in [6.07, 6.45) is 1.70. The number of ketones is 1. The Bertz CT molecular complexity index is 822. The highest BCUT2D eigenvalue weighted by atomic mass is 79.9. The largest absolute Gasteiger partial charge is 0.360 e. The Hall–Kier alpha value is -1.94. The zero-order valence-corrected chi connectivity index (χ0v) is 12.3. The number of aromatic nitrogens is 1. The van der Waals surface area contributed by atoms with Gasteiger partial charge in [-0.25, -0.2) is 4.39 Å². The fraction of sp³-hybridized carbons (Fsp3) is 0.0625. The summed E-state index contributed by atoms with van der Waals surface area (Å²) in [7, 11) is 0. The number of halogens is 2. The number of aromatic amines is 1. The first kappa shape index (κ1) is 13.1. The molecule has 0 amide bonds. The smallest absolute Gasteiger partial charge is 0.196 e. The molecular weight excluding hydrogens is 321 g/mol. The zero-order chi connectivity index (χ0) is 14.3. The molecule has 0 radical (unpaired) electrons. The second-order valence-corrected chi connectivity index (χ2v) is 5.56. The maximum atomic E-state index is 13.1. The molecule has 4 heteroatoms. The van der Waals surface area contributed by atoms with Crippen molar-refractivity contribution in [3.8, 4) is 0 Å². The van der Waals surface area contributed by atoms with E-state index in [0.29, 0.717) is 15.6 Å². The summed E-state index contributed by atoms with van der Waals surface area (Å²) >= 11 is 3.24. The van der Waals surface area contributed by atoms with Crippen LogP contribution in [0.3, 0.4) is 0 Å². The van der Waals surface area contributed by atoms with Gasteiger partial charge in [-0.1, -0.05) is 12.1 Å². The summed E-state index contributed by atoms with van der Waals surface area (Å²) in [6.45, 7) is 2.00.